The second-order valence-electron chi connectivity index (χ2n) is 5.89. The van der Waals surface area contributed by atoms with Gasteiger partial charge in [0.15, 0.2) is 0 Å². The average Bonchev–Trinajstić information content (AvgIpc) is 2.92. The van der Waals surface area contributed by atoms with Crippen molar-refractivity contribution in [2.24, 2.45) is 11.8 Å². The Morgan fingerprint density at radius 3 is 2.53 bits per heavy atom. The van der Waals surface area contributed by atoms with E-state index in [1.807, 2.05) is 13.0 Å². The fraction of sp³-hybridized carbons (Fsp3) is 0.533. The Morgan fingerprint density at radius 2 is 1.95 bits per heavy atom. The highest BCUT2D eigenvalue weighted by Gasteiger charge is 2.36. The van der Waals surface area contributed by atoms with Crippen LogP contribution in [-0.4, -0.2) is 24.2 Å². The normalized spacial score (nSPS) is 25.6. The molecule has 2 fully saturated rings. The fourth-order valence-electron chi connectivity index (χ4n) is 3.58. The highest BCUT2D eigenvalue weighted by atomic mass is 16.4. The molecule has 102 valence electrons. The van der Waals surface area contributed by atoms with Crippen LogP contribution in [0.5, 0.6) is 0 Å². The second-order valence-corrected chi connectivity index (χ2v) is 5.89. The highest BCUT2D eigenvalue weighted by Crippen LogP contribution is 2.40. The first-order valence-corrected chi connectivity index (χ1v) is 6.94. The largest absolute Gasteiger partial charge is 0.478 e. The third-order valence-electron chi connectivity index (χ3n) is 4.69. The Kier molecular flexibility index (Phi) is 2.88. The molecule has 19 heavy (non-hydrogen) atoms. The number of aromatic carboxylic acids is 1. The summed E-state index contributed by atoms with van der Waals surface area (Å²) < 4.78 is 0. The Balaban J connectivity index is 1.91. The Labute approximate surface area is 113 Å². The first-order chi connectivity index (χ1) is 9.06. The third-order valence-corrected chi connectivity index (χ3v) is 4.69. The molecule has 1 aromatic carbocycles. The molecule has 3 rings (SSSR count). The number of hydrogen-bond acceptors (Lipinski definition) is 3. The molecule has 0 spiro atoms. The molecule has 1 aromatic rings. The zero-order valence-corrected chi connectivity index (χ0v) is 11.2. The van der Waals surface area contributed by atoms with Crippen molar-refractivity contribution in [1.29, 1.82) is 0 Å². The van der Waals surface area contributed by atoms with Crippen molar-refractivity contribution in [3.63, 3.8) is 0 Å². The molecule has 0 aromatic heterocycles. The number of fused-ring (bicyclic) bond motifs is 1. The number of carboxylic acid groups (broad SMARTS) is 1. The molecular formula is C15H20N2O2. The number of nitrogens with two attached hydrogens (primary N) is 1. The topological polar surface area (TPSA) is 66.6 Å². The van der Waals surface area contributed by atoms with E-state index < -0.39 is 5.97 Å². The molecule has 2 aliphatic rings. The third kappa shape index (κ3) is 2.05. The lowest BCUT2D eigenvalue weighted by Gasteiger charge is -2.21. The van der Waals surface area contributed by atoms with Crippen LogP contribution in [0.25, 0.3) is 0 Å². The SMILES string of the molecule is Cc1cc(N2CC3CCCC3C2)cc(C(=O)O)c1N. The quantitative estimate of drug-likeness (QED) is 0.802. The maximum atomic E-state index is 11.2. The fourth-order valence-corrected chi connectivity index (χ4v) is 3.58. The number of carbonyl (C=O) groups is 1. The first-order valence-electron chi connectivity index (χ1n) is 6.94. The number of rotatable bonds is 2. The Morgan fingerprint density at radius 1 is 1.32 bits per heavy atom. The van der Waals surface area contributed by atoms with Crippen LogP contribution in [0.1, 0.15) is 35.2 Å². The van der Waals surface area contributed by atoms with Gasteiger partial charge in [0.1, 0.15) is 0 Å². The van der Waals surface area contributed by atoms with E-state index >= 15 is 0 Å². The summed E-state index contributed by atoms with van der Waals surface area (Å²) in [6, 6.07) is 3.74. The molecule has 0 bridgehead atoms. The number of nitrogens with zero attached hydrogens (tertiary/aromatic N) is 1. The number of nitrogen functional groups attached to an aromatic ring is 1. The summed E-state index contributed by atoms with van der Waals surface area (Å²) in [5.41, 5.74) is 8.32. The van der Waals surface area contributed by atoms with Gasteiger partial charge in [0, 0.05) is 24.5 Å². The molecule has 1 aliphatic heterocycles. The van der Waals surface area contributed by atoms with Gasteiger partial charge in [-0.1, -0.05) is 6.42 Å². The summed E-state index contributed by atoms with van der Waals surface area (Å²) in [6.45, 7) is 4.00. The predicted molar refractivity (Wildman–Crippen MR) is 75.6 cm³/mol. The first kappa shape index (κ1) is 12.3. The van der Waals surface area contributed by atoms with Crippen LogP contribution in [0.4, 0.5) is 11.4 Å². The van der Waals surface area contributed by atoms with Crippen molar-refractivity contribution < 1.29 is 9.90 Å². The zero-order valence-electron chi connectivity index (χ0n) is 11.2. The van der Waals surface area contributed by atoms with Crippen LogP contribution in [0.15, 0.2) is 12.1 Å². The molecule has 2 unspecified atom stereocenters. The number of benzene rings is 1. The summed E-state index contributed by atoms with van der Waals surface area (Å²) in [4.78, 5) is 13.6. The van der Waals surface area contributed by atoms with Gasteiger partial charge in [-0.2, -0.15) is 0 Å². The van der Waals surface area contributed by atoms with Gasteiger partial charge in [-0.05, 0) is 49.3 Å². The second kappa shape index (κ2) is 4.44. The maximum Gasteiger partial charge on any atom is 0.337 e. The summed E-state index contributed by atoms with van der Waals surface area (Å²) in [6.07, 6.45) is 3.99. The lowest BCUT2D eigenvalue weighted by molar-refractivity contribution is 0.0698. The lowest BCUT2D eigenvalue weighted by Crippen LogP contribution is -2.21. The molecule has 2 atom stereocenters. The lowest BCUT2D eigenvalue weighted by atomic mass is 10.0. The number of anilines is 2. The molecule has 3 N–H and O–H groups in total. The minimum atomic E-state index is -0.943. The van der Waals surface area contributed by atoms with Crippen LogP contribution in [0.3, 0.4) is 0 Å². The van der Waals surface area contributed by atoms with Crippen molar-refractivity contribution in [2.75, 3.05) is 23.7 Å². The van der Waals surface area contributed by atoms with Gasteiger partial charge in [0.2, 0.25) is 0 Å². The Hall–Kier alpha value is -1.71. The summed E-state index contributed by atoms with van der Waals surface area (Å²) in [7, 11) is 0. The standard InChI is InChI=1S/C15H20N2O2/c1-9-5-12(6-13(14(9)16)15(18)19)17-7-10-3-2-4-11(10)8-17/h5-6,10-11H,2-4,7-8,16H2,1H3,(H,18,19). The van der Waals surface area contributed by atoms with E-state index in [2.05, 4.69) is 4.90 Å². The van der Waals surface area contributed by atoms with Gasteiger partial charge in [-0.15, -0.1) is 0 Å². The van der Waals surface area contributed by atoms with Crippen LogP contribution in [-0.2, 0) is 0 Å². The van der Waals surface area contributed by atoms with E-state index in [9.17, 15) is 9.90 Å². The summed E-state index contributed by atoms with van der Waals surface area (Å²) in [5.74, 6) is 0.652. The van der Waals surface area contributed by atoms with E-state index in [4.69, 9.17) is 5.73 Å². The van der Waals surface area contributed by atoms with E-state index in [0.717, 1.165) is 36.2 Å². The maximum absolute atomic E-state index is 11.2. The highest BCUT2D eigenvalue weighted by molar-refractivity contribution is 5.95. The molecule has 0 amide bonds. The van der Waals surface area contributed by atoms with Gasteiger partial charge in [0.25, 0.3) is 0 Å². The van der Waals surface area contributed by atoms with Gasteiger partial charge in [-0.3, -0.25) is 0 Å². The molecular weight excluding hydrogens is 240 g/mol. The van der Waals surface area contributed by atoms with Gasteiger partial charge < -0.3 is 15.7 Å². The molecule has 4 heteroatoms. The van der Waals surface area contributed by atoms with Gasteiger partial charge in [0.05, 0.1) is 5.56 Å². The monoisotopic (exact) mass is 260 g/mol. The summed E-state index contributed by atoms with van der Waals surface area (Å²) in [5, 5.41) is 9.22. The molecule has 0 radical (unpaired) electrons. The van der Waals surface area contributed by atoms with Crippen LogP contribution >= 0.6 is 0 Å². The molecule has 1 saturated heterocycles. The van der Waals surface area contributed by atoms with Crippen molar-refractivity contribution in [3.05, 3.63) is 23.3 Å². The predicted octanol–water partition coefficient (Wildman–Crippen LogP) is 2.51. The van der Waals surface area contributed by atoms with Gasteiger partial charge in [-0.25, -0.2) is 4.79 Å². The van der Waals surface area contributed by atoms with Crippen molar-refractivity contribution in [2.45, 2.75) is 26.2 Å². The van der Waals surface area contributed by atoms with Crippen LogP contribution in [0, 0.1) is 18.8 Å². The molecule has 4 nitrogen and oxygen atoms in total. The smallest absolute Gasteiger partial charge is 0.337 e. The minimum Gasteiger partial charge on any atom is -0.478 e. The molecule has 1 heterocycles. The van der Waals surface area contributed by atoms with E-state index in [1.54, 1.807) is 6.07 Å². The van der Waals surface area contributed by atoms with E-state index in [1.165, 1.54) is 19.3 Å². The zero-order chi connectivity index (χ0) is 13.6. The van der Waals surface area contributed by atoms with Crippen molar-refractivity contribution in [3.8, 4) is 0 Å². The molecule has 1 aliphatic carbocycles. The number of carboxylic acids is 1. The van der Waals surface area contributed by atoms with Gasteiger partial charge >= 0.3 is 5.97 Å². The van der Waals surface area contributed by atoms with Crippen molar-refractivity contribution >= 4 is 17.3 Å². The van der Waals surface area contributed by atoms with E-state index in [-0.39, 0.29) is 5.56 Å². The van der Waals surface area contributed by atoms with Crippen molar-refractivity contribution in [1.82, 2.24) is 0 Å². The number of hydrogen-bond donors (Lipinski definition) is 2. The Bertz CT molecular complexity index is 515. The summed E-state index contributed by atoms with van der Waals surface area (Å²) >= 11 is 0. The van der Waals surface area contributed by atoms with E-state index in [0.29, 0.717) is 5.69 Å². The average molecular weight is 260 g/mol. The minimum absolute atomic E-state index is 0.229. The van der Waals surface area contributed by atoms with Crippen LogP contribution < -0.4 is 10.6 Å². The molecule has 1 saturated carbocycles. The number of aryl methyl sites for hydroxylation is 1. The van der Waals surface area contributed by atoms with Crippen LogP contribution in [0.2, 0.25) is 0 Å².